The Kier molecular flexibility index (Phi) is 8.63. The Labute approximate surface area is 190 Å². The van der Waals surface area contributed by atoms with Gasteiger partial charge in [-0.1, -0.05) is 12.1 Å². The second-order valence-electron chi connectivity index (χ2n) is 7.66. The van der Waals surface area contributed by atoms with Gasteiger partial charge in [0.2, 0.25) is 10.0 Å². The molecule has 3 rings (SSSR count). The molecule has 1 heterocycles. The molecule has 2 N–H and O–H groups in total. The number of carbonyl (C=O) groups is 1. The molecule has 1 aliphatic heterocycles. The molecule has 0 unspecified atom stereocenters. The molecule has 0 bridgehead atoms. The van der Waals surface area contributed by atoms with Gasteiger partial charge in [-0.3, -0.25) is 9.69 Å². The largest absolute Gasteiger partial charge is 0.497 e. The normalized spacial score (nSPS) is 15.4. The maximum absolute atomic E-state index is 12.7. The van der Waals surface area contributed by atoms with Gasteiger partial charge in [-0.2, -0.15) is 0 Å². The van der Waals surface area contributed by atoms with E-state index >= 15 is 0 Å². The van der Waals surface area contributed by atoms with Gasteiger partial charge >= 0.3 is 0 Å². The van der Waals surface area contributed by atoms with Crippen LogP contribution in [0.4, 0.5) is 0 Å². The van der Waals surface area contributed by atoms with E-state index < -0.39 is 10.0 Å². The molecule has 1 atom stereocenters. The van der Waals surface area contributed by atoms with Crippen LogP contribution < -0.4 is 14.8 Å². The van der Waals surface area contributed by atoms with Crippen LogP contribution >= 0.6 is 0 Å². The summed E-state index contributed by atoms with van der Waals surface area (Å²) in [5.41, 5.74) is 1.53. The molecule has 0 saturated carbocycles. The quantitative estimate of drug-likeness (QED) is 0.498. The van der Waals surface area contributed by atoms with Gasteiger partial charge in [0, 0.05) is 25.8 Å². The number of hydrogen-bond donors (Lipinski definition) is 2. The molecule has 1 amide bonds. The fourth-order valence-corrected chi connectivity index (χ4v) is 4.79. The molecule has 1 fully saturated rings. The minimum atomic E-state index is -3.63. The minimum absolute atomic E-state index is 0.0667. The fourth-order valence-electron chi connectivity index (χ4n) is 3.78. The maximum Gasteiger partial charge on any atom is 0.251 e. The number of nitrogens with zero attached hydrogens (tertiary/aromatic N) is 1. The van der Waals surface area contributed by atoms with Crippen LogP contribution in [0.5, 0.6) is 5.75 Å². The zero-order valence-corrected chi connectivity index (χ0v) is 19.4. The van der Waals surface area contributed by atoms with Gasteiger partial charge in [0.1, 0.15) is 5.75 Å². The summed E-state index contributed by atoms with van der Waals surface area (Å²) in [6, 6.07) is 13.9. The highest BCUT2D eigenvalue weighted by Crippen LogP contribution is 2.26. The topological polar surface area (TPSA) is 97.0 Å². The molecular formula is C23H31N3O5S. The van der Waals surface area contributed by atoms with Crippen LogP contribution in [0.25, 0.3) is 0 Å². The third kappa shape index (κ3) is 6.29. The van der Waals surface area contributed by atoms with Crippen molar-refractivity contribution in [3.8, 4) is 5.75 Å². The van der Waals surface area contributed by atoms with E-state index in [1.807, 2.05) is 24.3 Å². The van der Waals surface area contributed by atoms with Crippen molar-refractivity contribution in [3.05, 3.63) is 59.7 Å². The number of methoxy groups -OCH3 is 2. The van der Waals surface area contributed by atoms with Crippen molar-refractivity contribution in [1.29, 1.82) is 0 Å². The Morgan fingerprint density at radius 2 is 1.69 bits per heavy atom. The average Bonchev–Trinajstić information content (AvgIpc) is 3.34. The Hall–Kier alpha value is -2.46. The number of amides is 1. The molecule has 2 aromatic rings. The van der Waals surface area contributed by atoms with E-state index in [1.54, 1.807) is 7.11 Å². The Morgan fingerprint density at radius 1 is 1.03 bits per heavy atom. The van der Waals surface area contributed by atoms with Crippen LogP contribution in [0.3, 0.4) is 0 Å². The Bertz CT molecular complexity index is 972. The molecule has 1 saturated heterocycles. The molecule has 32 heavy (non-hydrogen) atoms. The average molecular weight is 462 g/mol. The number of rotatable bonds is 11. The molecule has 0 radical (unpaired) electrons. The number of carbonyl (C=O) groups excluding carboxylic acids is 1. The molecule has 2 aromatic carbocycles. The number of sulfonamides is 1. The molecule has 9 heteroatoms. The Balaban J connectivity index is 1.65. The summed E-state index contributed by atoms with van der Waals surface area (Å²) >= 11 is 0. The van der Waals surface area contributed by atoms with Crippen molar-refractivity contribution in [2.75, 3.05) is 47.0 Å². The summed E-state index contributed by atoms with van der Waals surface area (Å²) in [7, 11) is -0.489. The van der Waals surface area contributed by atoms with Crippen LogP contribution in [0.15, 0.2) is 53.4 Å². The lowest BCUT2D eigenvalue weighted by Crippen LogP contribution is -2.36. The maximum atomic E-state index is 12.7. The van der Waals surface area contributed by atoms with Gasteiger partial charge in [0.15, 0.2) is 0 Å². The summed E-state index contributed by atoms with van der Waals surface area (Å²) < 4.78 is 37.1. The molecule has 1 aliphatic rings. The van der Waals surface area contributed by atoms with Gasteiger partial charge in [-0.25, -0.2) is 13.1 Å². The summed E-state index contributed by atoms with van der Waals surface area (Å²) in [6.07, 6.45) is 2.30. The lowest BCUT2D eigenvalue weighted by atomic mass is 10.0. The molecule has 0 spiro atoms. The van der Waals surface area contributed by atoms with Crippen LogP contribution in [-0.2, 0) is 14.8 Å². The first-order chi connectivity index (χ1) is 15.4. The Morgan fingerprint density at radius 3 is 2.28 bits per heavy atom. The van der Waals surface area contributed by atoms with E-state index in [0.29, 0.717) is 12.1 Å². The highest BCUT2D eigenvalue weighted by Gasteiger charge is 2.24. The number of nitrogens with one attached hydrogen (secondary N) is 2. The second-order valence-corrected chi connectivity index (χ2v) is 9.42. The predicted molar refractivity (Wildman–Crippen MR) is 122 cm³/mol. The van der Waals surface area contributed by atoms with Crippen LogP contribution in [0.1, 0.15) is 34.8 Å². The van der Waals surface area contributed by atoms with Crippen LogP contribution in [0, 0.1) is 0 Å². The van der Waals surface area contributed by atoms with Crippen molar-refractivity contribution in [2.45, 2.75) is 23.8 Å². The highest BCUT2D eigenvalue weighted by atomic mass is 32.2. The lowest BCUT2D eigenvalue weighted by Gasteiger charge is -2.28. The summed E-state index contributed by atoms with van der Waals surface area (Å²) in [5.74, 6) is 0.559. The predicted octanol–water partition coefficient (Wildman–Crippen LogP) is 2.19. The van der Waals surface area contributed by atoms with E-state index in [0.717, 1.165) is 37.2 Å². The van der Waals surface area contributed by atoms with Crippen molar-refractivity contribution in [3.63, 3.8) is 0 Å². The van der Waals surface area contributed by atoms with Gasteiger partial charge in [0.05, 0.1) is 24.7 Å². The number of likely N-dealkylation sites (tertiary alicyclic amines) is 1. The van der Waals surface area contributed by atoms with Crippen molar-refractivity contribution in [1.82, 2.24) is 14.9 Å². The van der Waals surface area contributed by atoms with E-state index in [-0.39, 0.29) is 30.0 Å². The molecule has 8 nitrogen and oxygen atoms in total. The van der Waals surface area contributed by atoms with Crippen LogP contribution in [0.2, 0.25) is 0 Å². The van der Waals surface area contributed by atoms with Gasteiger partial charge in [0.25, 0.3) is 5.91 Å². The molecule has 174 valence electrons. The lowest BCUT2D eigenvalue weighted by molar-refractivity contribution is 0.0937. The SMILES string of the molecule is COCCNS(=O)(=O)c1ccc(C(=O)NC[C@@H](c2ccc(OC)cc2)N2CCCC2)cc1. The molecule has 0 aromatic heterocycles. The fraction of sp³-hybridized carbons (Fsp3) is 0.435. The van der Waals surface area contributed by atoms with E-state index in [2.05, 4.69) is 14.9 Å². The van der Waals surface area contributed by atoms with Crippen molar-refractivity contribution in [2.24, 2.45) is 0 Å². The zero-order valence-electron chi connectivity index (χ0n) is 18.5. The third-order valence-corrected chi connectivity index (χ3v) is 7.04. The van der Waals surface area contributed by atoms with Crippen molar-refractivity contribution >= 4 is 15.9 Å². The van der Waals surface area contributed by atoms with E-state index in [1.165, 1.54) is 31.4 Å². The number of ether oxygens (including phenoxy) is 2. The molecular weight excluding hydrogens is 430 g/mol. The first-order valence-corrected chi connectivity index (χ1v) is 12.2. The standard InChI is InChI=1S/C23H31N3O5S/c1-30-16-13-25-32(28,29)21-11-7-19(8-12-21)23(27)24-17-22(26-14-3-4-15-26)18-5-9-20(31-2)10-6-18/h5-12,22,25H,3-4,13-17H2,1-2H3,(H,24,27)/t22-/m0/s1. The van der Waals surface area contributed by atoms with E-state index in [9.17, 15) is 13.2 Å². The smallest absolute Gasteiger partial charge is 0.251 e. The monoisotopic (exact) mass is 461 g/mol. The third-order valence-electron chi connectivity index (χ3n) is 5.56. The van der Waals surface area contributed by atoms with E-state index in [4.69, 9.17) is 9.47 Å². The van der Waals surface area contributed by atoms with Crippen molar-refractivity contribution < 1.29 is 22.7 Å². The zero-order chi connectivity index (χ0) is 23.0. The minimum Gasteiger partial charge on any atom is -0.497 e. The highest BCUT2D eigenvalue weighted by molar-refractivity contribution is 7.89. The summed E-state index contributed by atoms with van der Waals surface area (Å²) in [4.78, 5) is 15.2. The molecule has 0 aliphatic carbocycles. The number of benzene rings is 2. The summed E-state index contributed by atoms with van der Waals surface area (Å²) in [6.45, 7) is 2.92. The van der Waals surface area contributed by atoms with Gasteiger partial charge < -0.3 is 14.8 Å². The van der Waals surface area contributed by atoms with Gasteiger partial charge in [-0.05, 0) is 67.9 Å². The first-order valence-electron chi connectivity index (χ1n) is 10.7. The summed E-state index contributed by atoms with van der Waals surface area (Å²) in [5, 5.41) is 3.01. The van der Waals surface area contributed by atoms with Crippen LogP contribution in [-0.4, -0.2) is 66.2 Å². The first kappa shape index (κ1) is 24.2. The number of hydrogen-bond acceptors (Lipinski definition) is 6. The van der Waals surface area contributed by atoms with Gasteiger partial charge in [-0.15, -0.1) is 0 Å². The second kappa shape index (κ2) is 11.4.